The van der Waals surface area contributed by atoms with Gasteiger partial charge in [0.1, 0.15) is 0 Å². The highest BCUT2D eigenvalue weighted by Crippen LogP contribution is 2.39. The lowest BCUT2D eigenvalue weighted by molar-refractivity contribution is -0.117. The average molecular weight is 373 g/mol. The van der Waals surface area contributed by atoms with Gasteiger partial charge in [0.15, 0.2) is 0 Å². The number of hydrogen-bond acceptors (Lipinski definition) is 5. The van der Waals surface area contributed by atoms with Crippen LogP contribution in [0.1, 0.15) is 36.2 Å². The highest BCUT2D eigenvalue weighted by atomic mass is 16.4. The predicted octanol–water partition coefficient (Wildman–Crippen LogP) is 1.35. The summed E-state index contributed by atoms with van der Waals surface area (Å²) in [6.07, 6.45) is 0.624. The van der Waals surface area contributed by atoms with Crippen LogP contribution in [-0.2, 0) is 6.54 Å². The van der Waals surface area contributed by atoms with Gasteiger partial charge in [-0.05, 0) is 30.0 Å². The van der Waals surface area contributed by atoms with E-state index in [-0.39, 0.29) is 11.6 Å². The molecule has 3 fully saturated rings. The smallest absolute Gasteiger partial charge is 0.335 e. The van der Waals surface area contributed by atoms with E-state index in [1.807, 2.05) is 12.1 Å². The van der Waals surface area contributed by atoms with Crippen molar-refractivity contribution < 1.29 is 15.0 Å². The molecule has 3 aliphatic rings. The zero-order valence-electron chi connectivity index (χ0n) is 16.3. The van der Waals surface area contributed by atoms with Crippen molar-refractivity contribution in [2.75, 3.05) is 39.3 Å². The van der Waals surface area contributed by atoms with Crippen LogP contribution in [0.4, 0.5) is 0 Å². The lowest BCUT2D eigenvalue weighted by Crippen LogP contribution is -2.78. The maximum atomic E-state index is 11.3. The lowest BCUT2D eigenvalue weighted by atomic mass is 9.83. The minimum absolute atomic E-state index is 0.139. The maximum absolute atomic E-state index is 11.3. The third-order valence-electron chi connectivity index (χ3n) is 6.23. The van der Waals surface area contributed by atoms with Crippen molar-refractivity contribution in [3.05, 3.63) is 35.4 Å². The molecule has 1 aromatic carbocycles. The fourth-order valence-corrected chi connectivity index (χ4v) is 5.41. The molecule has 0 aromatic heterocycles. The number of β-amino-alcohol motifs (C(OH)–C–C–N with tert-alkyl or cyclic N) is 1. The number of aliphatic hydroxyl groups excluding tert-OH is 1. The third kappa shape index (κ3) is 3.76. The number of aliphatic hydroxyl groups is 1. The number of carboxylic acid groups (broad SMARTS) is 1. The lowest BCUT2D eigenvalue weighted by Gasteiger charge is -2.61. The predicted molar refractivity (Wildman–Crippen MR) is 104 cm³/mol. The Labute approximate surface area is 161 Å². The molecule has 3 heterocycles. The Kier molecular flexibility index (Phi) is 5.01. The Morgan fingerprint density at radius 3 is 2.67 bits per heavy atom. The SMILES string of the molecule is CC(C)CN1CC2(CN(Cc3cccc(C(=O)O)c3)CC3CC(O)CN32)C1. The number of piperazine rings is 1. The molecule has 0 amide bonds. The second-order valence-corrected chi connectivity index (χ2v) is 9.16. The molecular weight excluding hydrogens is 342 g/mol. The average Bonchev–Trinajstić information content (AvgIpc) is 2.94. The summed E-state index contributed by atoms with van der Waals surface area (Å²) in [6, 6.07) is 7.68. The van der Waals surface area contributed by atoms with Crippen LogP contribution in [0.15, 0.2) is 24.3 Å². The van der Waals surface area contributed by atoms with Crippen molar-refractivity contribution in [2.24, 2.45) is 5.92 Å². The summed E-state index contributed by atoms with van der Waals surface area (Å²) >= 11 is 0. The highest BCUT2D eigenvalue weighted by molar-refractivity contribution is 5.87. The van der Waals surface area contributed by atoms with Crippen molar-refractivity contribution in [3.8, 4) is 0 Å². The molecule has 2 N–H and O–H groups in total. The van der Waals surface area contributed by atoms with Gasteiger partial charge in [0, 0.05) is 51.9 Å². The standard InChI is InChI=1S/C21H31N3O3/c1-15(2)8-23-13-21(14-23)12-22(10-18-7-19(25)11-24(18)21)9-16-4-3-5-17(6-16)20(26)27/h3-6,15,18-19,25H,7-14H2,1-2H3,(H,26,27). The van der Waals surface area contributed by atoms with Crippen LogP contribution in [0.2, 0.25) is 0 Å². The second-order valence-electron chi connectivity index (χ2n) is 9.16. The van der Waals surface area contributed by atoms with Gasteiger partial charge in [0.2, 0.25) is 0 Å². The molecule has 0 saturated carbocycles. The Balaban J connectivity index is 1.49. The van der Waals surface area contributed by atoms with Crippen molar-refractivity contribution in [1.82, 2.24) is 14.7 Å². The van der Waals surface area contributed by atoms with E-state index in [1.165, 1.54) is 0 Å². The van der Waals surface area contributed by atoms with Crippen molar-refractivity contribution in [3.63, 3.8) is 0 Å². The van der Waals surface area contributed by atoms with Crippen molar-refractivity contribution in [1.29, 1.82) is 0 Å². The molecule has 4 rings (SSSR count). The van der Waals surface area contributed by atoms with Crippen LogP contribution in [0, 0.1) is 5.92 Å². The first-order chi connectivity index (χ1) is 12.8. The van der Waals surface area contributed by atoms with Crippen LogP contribution >= 0.6 is 0 Å². The van der Waals surface area contributed by atoms with E-state index in [0.29, 0.717) is 17.5 Å². The second kappa shape index (κ2) is 7.17. The van der Waals surface area contributed by atoms with Gasteiger partial charge < -0.3 is 10.2 Å². The maximum Gasteiger partial charge on any atom is 0.335 e. The van der Waals surface area contributed by atoms with E-state index in [9.17, 15) is 15.0 Å². The molecule has 0 radical (unpaired) electrons. The molecule has 148 valence electrons. The number of nitrogens with zero attached hydrogens (tertiary/aromatic N) is 3. The number of benzene rings is 1. The van der Waals surface area contributed by atoms with Crippen LogP contribution < -0.4 is 0 Å². The van der Waals surface area contributed by atoms with Gasteiger partial charge in [-0.2, -0.15) is 0 Å². The molecule has 6 heteroatoms. The molecule has 2 atom stereocenters. The van der Waals surface area contributed by atoms with Gasteiger partial charge in [0.25, 0.3) is 0 Å². The first-order valence-electron chi connectivity index (χ1n) is 10.1. The Hall–Kier alpha value is -1.47. The highest BCUT2D eigenvalue weighted by Gasteiger charge is 2.55. The Bertz CT molecular complexity index is 702. The number of hydrogen-bond donors (Lipinski definition) is 2. The molecular formula is C21H31N3O3. The summed E-state index contributed by atoms with van der Waals surface area (Å²) in [5.74, 6) is -0.207. The third-order valence-corrected chi connectivity index (χ3v) is 6.23. The summed E-state index contributed by atoms with van der Waals surface area (Å²) in [6.45, 7) is 11.3. The molecule has 0 aliphatic carbocycles. The van der Waals surface area contributed by atoms with Crippen LogP contribution in [-0.4, -0.2) is 87.8 Å². The van der Waals surface area contributed by atoms with Gasteiger partial charge in [-0.3, -0.25) is 14.7 Å². The largest absolute Gasteiger partial charge is 0.478 e. The van der Waals surface area contributed by atoms with E-state index >= 15 is 0 Å². The molecule has 3 aliphatic heterocycles. The summed E-state index contributed by atoms with van der Waals surface area (Å²) in [5.41, 5.74) is 1.54. The first kappa shape index (κ1) is 18.9. The summed E-state index contributed by atoms with van der Waals surface area (Å²) in [5, 5.41) is 19.5. The minimum Gasteiger partial charge on any atom is -0.478 e. The zero-order valence-corrected chi connectivity index (χ0v) is 16.3. The topological polar surface area (TPSA) is 67.2 Å². The molecule has 27 heavy (non-hydrogen) atoms. The van der Waals surface area contributed by atoms with Crippen LogP contribution in [0.3, 0.4) is 0 Å². The van der Waals surface area contributed by atoms with E-state index in [0.717, 1.165) is 57.8 Å². The fraction of sp³-hybridized carbons (Fsp3) is 0.667. The van der Waals surface area contributed by atoms with Gasteiger partial charge in [-0.25, -0.2) is 4.79 Å². The van der Waals surface area contributed by atoms with Crippen molar-refractivity contribution in [2.45, 2.75) is 44.5 Å². The normalized spacial score (nSPS) is 28.4. The Morgan fingerprint density at radius 2 is 1.96 bits per heavy atom. The minimum atomic E-state index is -0.875. The number of carboxylic acids is 1. The van der Waals surface area contributed by atoms with Gasteiger partial charge in [-0.15, -0.1) is 0 Å². The van der Waals surface area contributed by atoms with Crippen molar-refractivity contribution >= 4 is 5.97 Å². The molecule has 1 aromatic rings. The molecule has 1 spiro atoms. The fourth-order valence-electron chi connectivity index (χ4n) is 5.41. The van der Waals surface area contributed by atoms with E-state index in [2.05, 4.69) is 28.5 Å². The number of aromatic carboxylic acids is 1. The van der Waals surface area contributed by atoms with E-state index < -0.39 is 5.97 Å². The number of fused-ring (bicyclic) bond motifs is 2. The van der Waals surface area contributed by atoms with Crippen LogP contribution in [0.25, 0.3) is 0 Å². The number of carbonyl (C=O) groups is 1. The van der Waals surface area contributed by atoms with Crippen LogP contribution in [0.5, 0.6) is 0 Å². The Morgan fingerprint density at radius 1 is 1.22 bits per heavy atom. The first-order valence-corrected chi connectivity index (χ1v) is 10.1. The summed E-state index contributed by atoms with van der Waals surface area (Å²) < 4.78 is 0. The summed E-state index contributed by atoms with van der Waals surface area (Å²) in [7, 11) is 0. The monoisotopic (exact) mass is 373 g/mol. The molecule has 0 bridgehead atoms. The number of likely N-dealkylation sites (tertiary alicyclic amines) is 1. The van der Waals surface area contributed by atoms with E-state index in [4.69, 9.17) is 0 Å². The molecule has 2 unspecified atom stereocenters. The van der Waals surface area contributed by atoms with Gasteiger partial charge in [-0.1, -0.05) is 26.0 Å². The zero-order chi connectivity index (χ0) is 19.2. The molecule has 3 saturated heterocycles. The van der Waals surface area contributed by atoms with Gasteiger partial charge in [0.05, 0.1) is 17.2 Å². The summed E-state index contributed by atoms with van der Waals surface area (Å²) in [4.78, 5) is 18.8. The number of rotatable bonds is 5. The molecule has 6 nitrogen and oxygen atoms in total. The van der Waals surface area contributed by atoms with Gasteiger partial charge >= 0.3 is 5.97 Å². The van der Waals surface area contributed by atoms with E-state index in [1.54, 1.807) is 12.1 Å². The quantitative estimate of drug-likeness (QED) is 0.812.